The predicted octanol–water partition coefficient (Wildman–Crippen LogP) is 4.06. The van der Waals surface area contributed by atoms with E-state index in [1.165, 1.54) is 4.90 Å². The monoisotopic (exact) mass is 643 g/mol. The van der Waals surface area contributed by atoms with E-state index in [2.05, 4.69) is 9.28 Å². The van der Waals surface area contributed by atoms with E-state index in [1.54, 1.807) is 0 Å². The van der Waals surface area contributed by atoms with Crippen LogP contribution in [0.4, 0.5) is 26.3 Å². The molecule has 0 spiro atoms. The summed E-state index contributed by atoms with van der Waals surface area (Å²) >= 11 is 12.2. The maximum absolute atomic E-state index is 13.2. The second-order valence-electron chi connectivity index (χ2n) is 8.88. The molecule has 1 fully saturated rings. The van der Waals surface area contributed by atoms with Gasteiger partial charge in [0.25, 0.3) is 0 Å². The van der Waals surface area contributed by atoms with Crippen molar-refractivity contribution in [3.8, 4) is 5.75 Å². The molecule has 2 heterocycles. The first kappa shape index (κ1) is 29.7. The smallest absolute Gasteiger partial charge is 0.376 e. The molecule has 1 unspecified atom stereocenters. The fraction of sp³-hybridized carbons (Fsp3) is 0.500. The lowest BCUT2D eigenvalue weighted by Gasteiger charge is -2.31. The zero-order valence-corrected chi connectivity index (χ0v) is 22.4. The molecule has 2 aliphatic rings. The number of hydrogen-bond donors (Lipinski definition) is 0. The maximum Gasteiger partial charge on any atom is 0.534 e. The van der Waals surface area contributed by atoms with Crippen LogP contribution in [-0.4, -0.2) is 60.4 Å². The number of carbonyl (C=O) groups is 1. The minimum absolute atomic E-state index is 0.0469. The fourth-order valence-corrected chi connectivity index (χ4v) is 6.50. The topological polar surface area (TPSA) is 116 Å². The second kappa shape index (κ2) is 9.99. The molecule has 4 rings (SSSR count). The number of benzene rings is 1. The second-order valence-corrected chi connectivity index (χ2v) is 13.0. The minimum Gasteiger partial charge on any atom is -0.376 e. The van der Waals surface area contributed by atoms with E-state index in [4.69, 9.17) is 23.2 Å². The Morgan fingerprint density at radius 3 is 2.18 bits per heavy atom. The van der Waals surface area contributed by atoms with Crippen LogP contribution in [0, 0.1) is 5.92 Å². The number of likely N-dealkylation sites (tertiary alicyclic amines) is 1. The summed E-state index contributed by atoms with van der Waals surface area (Å²) in [6.07, 6.45) is 1.63. The summed E-state index contributed by atoms with van der Waals surface area (Å²) in [6.45, 7) is 0.198. The zero-order chi connectivity index (χ0) is 29.1. The van der Waals surface area contributed by atoms with Crippen molar-refractivity contribution in [1.82, 2.24) is 14.1 Å². The first-order chi connectivity index (χ1) is 17.8. The number of hydrogen-bond acceptors (Lipinski definition) is 7. The van der Waals surface area contributed by atoms with Gasteiger partial charge in [0.2, 0.25) is 5.91 Å². The number of carbonyl (C=O) groups excluding carboxylic acids is 1. The lowest BCUT2D eigenvalue weighted by Crippen LogP contribution is -2.42. The Balaban J connectivity index is 1.49. The number of alkyl halides is 6. The fourth-order valence-electron chi connectivity index (χ4n) is 4.58. The van der Waals surface area contributed by atoms with Crippen LogP contribution in [0.3, 0.4) is 0 Å². The van der Waals surface area contributed by atoms with Crippen LogP contribution in [0.2, 0.25) is 10.0 Å². The van der Waals surface area contributed by atoms with E-state index in [0.717, 1.165) is 18.3 Å². The van der Waals surface area contributed by atoms with E-state index in [-0.39, 0.29) is 57.6 Å². The quantitative estimate of drug-likeness (QED) is 0.265. The normalized spacial score (nSPS) is 20.8. The number of rotatable bonds is 6. The Morgan fingerprint density at radius 2 is 1.62 bits per heavy atom. The number of halogens is 8. The number of aromatic nitrogens is 2. The predicted molar refractivity (Wildman–Crippen MR) is 124 cm³/mol. The highest BCUT2D eigenvalue weighted by atomic mass is 35.5. The molecule has 1 aliphatic heterocycles. The molecule has 1 aliphatic carbocycles. The van der Waals surface area contributed by atoms with E-state index in [1.807, 2.05) is 0 Å². The molecule has 216 valence electrons. The largest absolute Gasteiger partial charge is 0.534 e. The van der Waals surface area contributed by atoms with Crippen LogP contribution in [0.1, 0.15) is 29.7 Å². The third-order valence-electron chi connectivity index (χ3n) is 6.46. The van der Waals surface area contributed by atoms with Gasteiger partial charge in [-0.25, -0.2) is 0 Å². The highest BCUT2D eigenvalue weighted by Crippen LogP contribution is 2.38. The van der Waals surface area contributed by atoms with Crippen molar-refractivity contribution in [1.29, 1.82) is 0 Å². The summed E-state index contributed by atoms with van der Waals surface area (Å²) in [5, 5.41) is 2.92. The van der Waals surface area contributed by atoms with Gasteiger partial charge in [-0.05, 0) is 36.8 Å². The molecule has 0 bridgehead atoms. The van der Waals surface area contributed by atoms with Crippen LogP contribution >= 0.6 is 23.2 Å². The molecule has 19 heteroatoms. The van der Waals surface area contributed by atoms with E-state index in [0.29, 0.717) is 12.0 Å². The van der Waals surface area contributed by atoms with E-state index < -0.39 is 54.8 Å². The van der Waals surface area contributed by atoms with Crippen LogP contribution in [-0.2, 0) is 44.2 Å². The SMILES string of the molecule is O=C1[C@H](Cc2c(Cl)cc(OS(=O)(=O)C(F)(F)F)cc2Cl)CCN1C1CCc2cnn(S(=O)(=O)C(F)(F)F)c2C1. The van der Waals surface area contributed by atoms with Gasteiger partial charge in [0.05, 0.1) is 11.9 Å². The third-order valence-corrected chi connectivity index (χ3v) is 9.47. The van der Waals surface area contributed by atoms with E-state index in [9.17, 15) is 48.0 Å². The van der Waals surface area contributed by atoms with Crippen LogP contribution in [0.5, 0.6) is 5.75 Å². The van der Waals surface area contributed by atoms with Gasteiger partial charge in [-0.2, -0.15) is 52.4 Å². The lowest BCUT2D eigenvalue weighted by atomic mass is 9.92. The molecule has 1 amide bonds. The zero-order valence-electron chi connectivity index (χ0n) is 19.3. The van der Waals surface area contributed by atoms with Crippen LogP contribution < -0.4 is 4.18 Å². The third kappa shape index (κ3) is 5.54. The highest BCUT2D eigenvalue weighted by Gasteiger charge is 2.50. The number of fused-ring (bicyclic) bond motifs is 1. The van der Waals surface area contributed by atoms with Gasteiger partial charge in [0.1, 0.15) is 5.75 Å². The first-order valence-corrected chi connectivity index (χ1v) is 14.6. The van der Waals surface area contributed by atoms with Gasteiger partial charge in [-0.3, -0.25) is 4.79 Å². The van der Waals surface area contributed by atoms with Gasteiger partial charge in [0.15, 0.2) is 0 Å². The summed E-state index contributed by atoms with van der Waals surface area (Å²) in [5.41, 5.74) is -10.9. The number of aryl methyl sites for hydroxylation is 1. The van der Waals surface area contributed by atoms with Crippen LogP contribution in [0.25, 0.3) is 0 Å². The van der Waals surface area contributed by atoms with Gasteiger partial charge < -0.3 is 9.08 Å². The van der Waals surface area contributed by atoms with Gasteiger partial charge >= 0.3 is 31.2 Å². The molecule has 0 radical (unpaired) electrons. The number of amides is 1. The molecule has 0 saturated carbocycles. The standard InChI is InChI=1S/C20H17Cl2F6N3O6S2/c21-15-7-13(37-39(35,36)20(26,27)28)8-16(22)14(15)5-10-3-4-30(18(10)32)12-2-1-11-9-29-31(17(11)6-12)38(33,34)19(23,24)25/h7-10,12H,1-6H2/t10-,12?/m0/s1. The summed E-state index contributed by atoms with van der Waals surface area (Å²) in [4.78, 5) is 14.6. The van der Waals surface area contributed by atoms with Crippen molar-refractivity contribution in [2.45, 2.75) is 49.2 Å². The van der Waals surface area contributed by atoms with Crippen molar-refractivity contribution in [2.75, 3.05) is 6.54 Å². The number of nitrogens with zero attached hydrogens (tertiary/aromatic N) is 3. The van der Waals surface area contributed by atoms with Crippen molar-refractivity contribution >= 4 is 49.3 Å². The molecule has 2 atom stereocenters. The highest BCUT2D eigenvalue weighted by molar-refractivity contribution is 7.90. The van der Waals surface area contributed by atoms with E-state index >= 15 is 0 Å². The van der Waals surface area contributed by atoms with Crippen molar-refractivity contribution < 1.29 is 52.2 Å². The van der Waals surface area contributed by atoms with Gasteiger partial charge in [-0.15, -0.1) is 0 Å². The molecule has 1 aromatic heterocycles. The molecular weight excluding hydrogens is 627 g/mol. The summed E-state index contributed by atoms with van der Waals surface area (Å²) < 4.78 is 127. The van der Waals surface area contributed by atoms with Gasteiger partial charge in [-0.1, -0.05) is 23.2 Å². The molecule has 2 aromatic rings. The Morgan fingerprint density at radius 1 is 1.00 bits per heavy atom. The summed E-state index contributed by atoms with van der Waals surface area (Å²) in [6, 6.07) is 1.02. The Bertz CT molecular complexity index is 1500. The molecule has 39 heavy (non-hydrogen) atoms. The van der Waals surface area contributed by atoms with Gasteiger partial charge in [0, 0.05) is 47.1 Å². The van der Waals surface area contributed by atoms with Crippen molar-refractivity contribution in [3.63, 3.8) is 0 Å². The van der Waals surface area contributed by atoms with Crippen molar-refractivity contribution in [2.24, 2.45) is 5.92 Å². The summed E-state index contributed by atoms with van der Waals surface area (Å²) in [7, 11) is -11.7. The van der Waals surface area contributed by atoms with Crippen molar-refractivity contribution in [3.05, 3.63) is 45.2 Å². The Labute approximate surface area is 227 Å². The minimum atomic E-state index is -5.97. The first-order valence-electron chi connectivity index (χ1n) is 11.0. The summed E-state index contributed by atoms with van der Waals surface area (Å²) in [5.74, 6) is -1.90. The Hall–Kier alpha value is -2.24. The molecule has 0 N–H and O–H groups in total. The van der Waals surface area contributed by atoms with Crippen LogP contribution in [0.15, 0.2) is 18.3 Å². The molecule has 1 saturated heterocycles. The average Bonchev–Trinajstić information content (AvgIpc) is 3.37. The molecule has 1 aromatic carbocycles. The molecular formula is C20H17Cl2F6N3O6S2. The lowest BCUT2D eigenvalue weighted by molar-refractivity contribution is -0.133. The maximum atomic E-state index is 13.2. The molecule has 9 nitrogen and oxygen atoms in total. The Kier molecular flexibility index (Phi) is 7.62. The average molecular weight is 644 g/mol.